The van der Waals surface area contributed by atoms with Gasteiger partial charge in [-0.15, -0.1) is 0 Å². The summed E-state index contributed by atoms with van der Waals surface area (Å²) in [6, 6.07) is 8.76. The van der Waals surface area contributed by atoms with Crippen LogP contribution >= 0.6 is 0 Å². The normalized spacial score (nSPS) is 11.5. The summed E-state index contributed by atoms with van der Waals surface area (Å²) in [5, 5.41) is 5.48. The number of amides is 1. The number of nitrogens with zero attached hydrogens (tertiary/aromatic N) is 2. The molecule has 2 aromatic carbocycles. The Hall–Kier alpha value is -3.23. The molecule has 0 unspecified atom stereocenters. The van der Waals surface area contributed by atoms with Gasteiger partial charge in [-0.1, -0.05) is 24.3 Å². The number of anilines is 1. The van der Waals surface area contributed by atoms with Gasteiger partial charge >= 0.3 is 6.18 Å². The van der Waals surface area contributed by atoms with E-state index in [1.807, 2.05) is 5.32 Å². The first-order valence-corrected chi connectivity index (χ1v) is 7.63. The maximum absolute atomic E-state index is 14.3. The minimum Gasteiger partial charge on any atom is -0.325 e. The highest BCUT2D eigenvalue weighted by Gasteiger charge is 2.39. The molecule has 9 heteroatoms. The lowest BCUT2D eigenvalue weighted by Crippen LogP contribution is -2.10. The Morgan fingerprint density at radius 3 is 2.33 bits per heavy atom. The fourth-order valence-corrected chi connectivity index (χ4v) is 2.86. The molecule has 0 saturated carbocycles. The number of aryl methyl sites for hydroxylation is 1. The van der Waals surface area contributed by atoms with Crippen molar-refractivity contribution in [3.8, 4) is 22.4 Å². The van der Waals surface area contributed by atoms with Crippen molar-refractivity contribution in [3.05, 3.63) is 59.8 Å². The van der Waals surface area contributed by atoms with Crippen LogP contribution in [0.3, 0.4) is 0 Å². The van der Waals surface area contributed by atoms with Crippen molar-refractivity contribution in [2.45, 2.75) is 6.18 Å². The summed E-state index contributed by atoms with van der Waals surface area (Å²) in [6.45, 7) is 0. The van der Waals surface area contributed by atoms with Crippen LogP contribution in [0.1, 0.15) is 5.69 Å². The van der Waals surface area contributed by atoms with Gasteiger partial charge in [0.05, 0.1) is 11.4 Å². The Balaban J connectivity index is 2.32. The maximum Gasteiger partial charge on any atom is 0.437 e. The van der Waals surface area contributed by atoms with E-state index in [-0.39, 0.29) is 28.8 Å². The predicted octanol–water partition coefficient (Wildman–Crippen LogP) is 4.62. The topological polar surface area (TPSA) is 46.9 Å². The molecule has 1 amide bonds. The van der Waals surface area contributed by atoms with Gasteiger partial charge in [0.1, 0.15) is 11.6 Å². The first kappa shape index (κ1) is 18.6. The molecule has 1 N–H and O–H groups in total. The third kappa shape index (κ3) is 3.40. The molecule has 27 heavy (non-hydrogen) atoms. The number of carbonyl (C=O) groups excluding carboxylic acids is 1. The molecule has 1 aromatic heterocycles. The monoisotopic (exact) mass is 381 g/mol. The first-order chi connectivity index (χ1) is 12.7. The molecule has 0 atom stereocenters. The molecule has 0 aliphatic heterocycles. The molecule has 0 spiro atoms. The summed E-state index contributed by atoms with van der Waals surface area (Å²) in [6.07, 6.45) is -4.72. The SMILES string of the molecule is Cn1nc(C(F)(F)F)c(NC=O)c1-c1ccccc1-c1cc(F)ccc1F. The van der Waals surface area contributed by atoms with Gasteiger partial charge in [-0.2, -0.15) is 18.3 Å². The lowest BCUT2D eigenvalue weighted by atomic mass is 9.96. The molecule has 1 heterocycles. The minimum absolute atomic E-state index is 0.0892. The van der Waals surface area contributed by atoms with Gasteiger partial charge in [0.15, 0.2) is 5.69 Å². The largest absolute Gasteiger partial charge is 0.437 e. The number of hydrogen-bond acceptors (Lipinski definition) is 2. The molecule has 0 fully saturated rings. The van der Waals surface area contributed by atoms with Crippen molar-refractivity contribution in [3.63, 3.8) is 0 Å². The van der Waals surface area contributed by atoms with Gasteiger partial charge in [0.2, 0.25) is 6.41 Å². The highest BCUT2D eigenvalue weighted by Crippen LogP contribution is 2.42. The summed E-state index contributed by atoms with van der Waals surface area (Å²) >= 11 is 0. The predicted molar refractivity (Wildman–Crippen MR) is 88.7 cm³/mol. The van der Waals surface area contributed by atoms with Gasteiger partial charge in [-0.25, -0.2) is 8.78 Å². The zero-order chi connectivity index (χ0) is 19.8. The summed E-state index contributed by atoms with van der Waals surface area (Å²) in [4.78, 5) is 10.9. The van der Waals surface area contributed by atoms with Crippen LogP contribution in [0.25, 0.3) is 22.4 Å². The van der Waals surface area contributed by atoms with Crippen LogP contribution in [0.2, 0.25) is 0 Å². The van der Waals surface area contributed by atoms with Crippen molar-refractivity contribution in [2.75, 3.05) is 5.32 Å². The maximum atomic E-state index is 14.3. The highest BCUT2D eigenvalue weighted by molar-refractivity contribution is 5.91. The van der Waals surface area contributed by atoms with Crippen LogP contribution in [0.4, 0.5) is 27.6 Å². The number of alkyl halides is 3. The van der Waals surface area contributed by atoms with Crippen molar-refractivity contribution in [1.82, 2.24) is 9.78 Å². The number of carbonyl (C=O) groups is 1. The molecule has 140 valence electrons. The fraction of sp³-hybridized carbons (Fsp3) is 0.111. The standard InChI is InChI=1S/C18H12F5N3O/c1-26-16(15(24-9-27)17(25-26)18(21,22)23)12-5-3-2-4-11(12)13-8-10(19)6-7-14(13)20/h2-9H,1H3,(H,24,27). The number of nitrogens with one attached hydrogen (secondary N) is 1. The van der Waals surface area contributed by atoms with E-state index in [1.54, 1.807) is 0 Å². The second kappa shape index (κ2) is 6.82. The van der Waals surface area contributed by atoms with Gasteiger partial charge in [-0.05, 0) is 23.8 Å². The quantitative estimate of drug-likeness (QED) is 0.530. The molecule has 3 aromatic rings. The average molecular weight is 381 g/mol. The number of benzene rings is 2. The third-order valence-corrected chi connectivity index (χ3v) is 3.92. The molecular weight excluding hydrogens is 369 g/mol. The van der Waals surface area contributed by atoms with E-state index in [0.29, 0.717) is 0 Å². The van der Waals surface area contributed by atoms with Crippen LogP contribution < -0.4 is 5.32 Å². The molecule has 0 aliphatic rings. The lowest BCUT2D eigenvalue weighted by Gasteiger charge is -2.13. The van der Waals surface area contributed by atoms with Crippen molar-refractivity contribution < 1.29 is 26.7 Å². The number of rotatable bonds is 4. The molecule has 0 radical (unpaired) electrons. The number of aromatic nitrogens is 2. The van der Waals surface area contributed by atoms with Gasteiger partial charge in [0, 0.05) is 18.2 Å². The summed E-state index contributed by atoms with van der Waals surface area (Å²) in [5.74, 6) is -1.44. The first-order valence-electron chi connectivity index (χ1n) is 7.63. The van der Waals surface area contributed by atoms with E-state index in [0.717, 1.165) is 22.9 Å². The van der Waals surface area contributed by atoms with Crippen molar-refractivity contribution in [2.24, 2.45) is 7.05 Å². The smallest absolute Gasteiger partial charge is 0.325 e. The van der Waals surface area contributed by atoms with Gasteiger partial charge in [-0.3, -0.25) is 9.48 Å². The molecular formula is C18H12F5N3O. The zero-order valence-electron chi connectivity index (χ0n) is 13.8. The summed E-state index contributed by atoms with van der Waals surface area (Å²) < 4.78 is 68.6. The van der Waals surface area contributed by atoms with E-state index in [4.69, 9.17) is 0 Å². The number of hydrogen-bond donors (Lipinski definition) is 1. The van der Waals surface area contributed by atoms with Crippen LogP contribution in [0.5, 0.6) is 0 Å². The van der Waals surface area contributed by atoms with E-state index in [9.17, 15) is 26.7 Å². The van der Waals surface area contributed by atoms with Crippen LogP contribution in [-0.4, -0.2) is 16.2 Å². The summed E-state index contributed by atoms with van der Waals surface area (Å²) in [5.41, 5.74) is -1.77. The zero-order valence-corrected chi connectivity index (χ0v) is 13.8. The van der Waals surface area contributed by atoms with E-state index < -0.39 is 29.2 Å². The second-order valence-corrected chi connectivity index (χ2v) is 5.63. The van der Waals surface area contributed by atoms with Crippen LogP contribution in [-0.2, 0) is 18.0 Å². The second-order valence-electron chi connectivity index (χ2n) is 5.63. The average Bonchev–Trinajstić information content (AvgIpc) is 2.94. The highest BCUT2D eigenvalue weighted by atomic mass is 19.4. The molecule has 0 saturated heterocycles. The number of halogens is 5. The molecule has 0 aliphatic carbocycles. The van der Waals surface area contributed by atoms with Gasteiger partial charge < -0.3 is 5.32 Å². The summed E-state index contributed by atoms with van der Waals surface area (Å²) in [7, 11) is 1.26. The molecule has 4 nitrogen and oxygen atoms in total. The Bertz CT molecular complexity index is 1010. The van der Waals surface area contributed by atoms with Crippen molar-refractivity contribution >= 4 is 12.1 Å². The lowest BCUT2D eigenvalue weighted by molar-refractivity contribution is -0.140. The van der Waals surface area contributed by atoms with E-state index >= 15 is 0 Å². The van der Waals surface area contributed by atoms with Crippen LogP contribution in [0.15, 0.2) is 42.5 Å². The Morgan fingerprint density at radius 1 is 1.04 bits per heavy atom. The third-order valence-electron chi connectivity index (χ3n) is 3.92. The molecule has 3 rings (SSSR count). The Labute approximate surface area is 150 Å². The Morgan fingerprint density at radius 2 is 1.70 bits per heavy atom. The Kier molecular flexibility index (Phi) is 4.69. The van der Waals surface area contributed by atoms with E-state index in [1.165, 1.54) is 31.3 Å². The van der Waals surface area contributed by atoms with E-state index in [2.05, 4.69) is 5.10 Å². The van der Waals surface area contributed by atoms with Gasteiger partial charge in [0.25, 0.3) is 0 Å². The fourth-order valence-electron chi connectivity index (χ4n) is 2.86. The minimum atomic E-state index is -4.82. The van der Waals surface area contributed by atoms with Crippen molar-refractivity contribution in [1.29, 1.82) is 0 Å². The molecule has 0 bridgehead atoms. The van der Waals surface area contributed by atoms with Crippen LogP contribution in [0, 0.1) is 11.6 Å².